The minimum Gasteiger partial charge on any atom is -0.393 e. The highest BCUT2D eigenvalue weighted by Gasteiger charge is 2.46. The fourth-order valence-electron chi connectivity index (χ4n) is 3.59. The summed E-state index contributed by atoms with van der Waals surface area (Å²) in [6, 6.07) is 6.32. The quantitative estimate of drug-likeness (QED) is 0.772. The third-order valence-electron chi connectivity index (χ3n) is 4.97. The van der Waals surface area contributed by atoms with Crippen LogP contribution in [0.2, 0.25) is 0 Å². The first-order valence-corrected chi connectivity index (χ1v) is 10.1. The summed E-state index contributed by atoms with van der Waals surface area (Å²) in [5.74, 6) is 0. The molecule has 0 radical (unpaired) electrons. The first-order chi connectivity index (χ1) is 10.7. The second-order valence-corrected chi connectivity index (χ2v) is 10.6. The maximum Gasteiger partial charge on any atom is 0.145 e. The number of benzene rings is 1. The van der Waals surface area contributed by atoms with Crippen LogP contribution in [0, 0.1) is 5.41 Å². The average Bonchev–Trinajstić information content (AvgIpc) is 2.75. The van der Waals surface area contributed by atoms with E-state index in [9.17, 15) is 9.32 Å². The van der Waals surface area contributed by atoms with Crippen molar-refractivity contribution >= 4 is 32.6 Å². The van der Waals surface area contributed by atoms with E-state index in [-0.39, 0.29) is 16.3 Å². The second kappa shape index (κ2) is 6.08. The van der Waals surface area contributed by atoms with Crippen LogP contribution in [0.15, 0.2) is 27.1 Å². The van der Waals surface area contributed by atoms with E-state index in [4.69, 9.17) is 4.40 Å². The second-order valence-electron chi connectivity index (χ2n) is 7.79. The third kappa shape index (κ3) is 3.33. The van der Waals surface area contributed by atoms with Gasteiger partial charge in [0.15, 0.2) is 0 Å². The van der Waals surface area contributed by atoms with E-state index < -0.39 is 11.0 Å². The maximum absolute atomic E-state index is 12.7. The highest BCUT2D eigenvalue weighted by Crippen LogP contribution is 2.48. The maximum atomic E-state index is 12.7. The van der Waals surface area contributed by atoms with Crippen molar-refractivity contribution in [2.75, 3.05) is 0 Å². The van der Waals surface area contributed by atoms with Gasteiger partial charge in [-0.1, -0.05) is 22.0 Å². The summed E-state index contributed by atoms with van der Waals surface area (Å²) in [5, 5.41) is 9.90. The number of aliphatic hydroxyl groups is 1. The molecule has 0 aromatic heterocycles. The van der Waals surface area contributed by atoms with Crippen molar-refractivity contribution < 1.29 is 9.32 Å². The summed E-state index contributed by atoms with van der Waals surface area (Å²) in [6.45, 7) is 5.88. The van der Waals surface area contributed by atoms with Gasteiger partial charge in [0, 0.05) is 15.5 Å². The van der Waals surface area contributed by atoms with Gasteiger partial charge < -0.3 is 5.11 Å². The smallest absolute Gasteiger partial charge is 0.145 e. The van der Waals surface area contributed by atoms with Gasteiger partial charge >= 0.3 is 0 Å². The molecule has 3 rings (SSSR count). The largest absolute Gasteiger partial charge is 0.393 e. The number of rotatable bonds is 1. The Morgan fingerprint density at radius 1 is 1.30 bits per heavy atom. The molecule has 1 fully saturated rings. The van der Waals surface area contributed by atoms with Gasteiger partial charge in [-0.2, -0.15) is 4.40 Å². The van der Waals surface area contributed by atoms with Crippen LogP contribution < -0.4 is 0 Å². The summed E-state index contributed by atoms with van der Waals surface area (Å²) < 4.78 is 18.0. The molecule has 1 unspecified atom stereocenters. The van der Waals surface area contributed by atoms with Gasteiger partial charge in [-0.05, 0) is 70.6 Å². The Hall–Kier alpha value is -0.520. The molecule has 1 spiro atoms. The van der Waals surface area contributed by atoms with Crippen molar-refractivity contribution in [3.63, 3.8) is 0 Å². The zero-order chi connectivity index (χ0) is 16.8. The van der Waals surface area contributed by atoms with E-state index in [2.05, 4.69) is 34.1 Å². The number of nitrogens with zero attached hydrogens (tertiary/aromatic N) is 1. The Bertz CT molecular complexity index is 670. The molecule has 0 heterocycles. The summed E-state index contributed by atoms with van der Waals surface area (Å²) in [6.07, 6.45) is 4.18. The Kier molecular flexibility index (Phi) is 4.58. The van der Waals surface area contributed by atoms with Gasteiger partial charge in [-0.3, -0.25) is 0 Å². The van der Waals surface area contributed by atoms with E-state index in [0.717, 1.165) is 47.9 Å². The zero-order valence-electron chi connectivity index (χ0n) is 13.9. The molecule has 1 saturated carbocycles. The predicted molar refractivity (Wildman–Crippen MR) is 99.2 cm³/mol. The van der Waals surface area contributed by atoms with Crippen LogP contribution in [0.5, 0.6) is 0 Å². The molecule has 1 aromatic rings. The summed E-state index contributed by atoms with van der Waals surface area (Å²) in [7, 11) is -1.27. The minimum absolute atomic E-state index is 0.0523. The third-order valence-corrected chi connectivity index (χ3v) is 6.86. The van der Waals surface area contributed by atoms with Gasteiger partial charge in [0.2, 0.25) is 0 Å². The molecule has 0 amide bonds. The van der Waals surface area contributed by atoms with Crippen LogP contribution in [-0.2, 0) is 17.4 Å². The van der Waals surface area contributed by atoms with Gasteiger partial charge in [-0.25, -0.2) is 4.21 Å². The topological polar surface area (TPSA) is 49.7 Å². The number of hydrogen-bond acceptors (Lipinski definition) is 2. The summed E-state index contributed by atoms with van der Waals surface area (Å²) in [4.78, 5) is 0. The van der Waals surface area contributed by atoms with Crippen molar-refractivity contribution in [2.24, 2.45) is 9.81 Å². The predicted octanol–water partition coefficient (Wildman–Crippen LogP) is 4.18. The highest BCUT2D eigenvalue weighted by atomic mass is 79.9. The molecule has 0 saturated heterocycles. The molecule has 1 atom stereocenters. The SMILES string of the molecule is CC(C)(C)S(=O)N=C1c2cc(Br)ccc2CC12CCC(O)CC2. The van der Waals surface area contributed by atoms with Crippen molar-refractivity contribution in [3.8, 4) is 0 Å². The fraction of sp³-hybridized carbons (Fsp3) is 0.611. The summed E-state index contributed by atoms with van der Waals surface area (Å²) >= 11 is 3.55. The molecule has 23 heavy (non-hydrogen) atoms. The van der Waals surface area contributed by atoms with Crippen LogP contribution in [0.4, 0.5) is 0 Å². The van der Waals surface area contributed by atoms with E-state index in [1.54, 1.807) is 0 Å². The normalized spacial score (nSPS) is 30.7. The summed E-state index contributed by atoms with van der Waals surface area (Å²) in [5.41, 5.74) is 3.36. The number of fused-ring (bicyclic) bond motifs is 1. The van der Waals surface area contributed by atoms with E-state index in [1.165, 1.54) is 5.56 Å². The van der Waals surface area contributed by atoms with Gasteiger partial charge in [0.1, 0.15) is 11.0 Å². The molecular weight excluding hydrogens is 374 g/mol. The molecule has 2 aliphatic rings. The Balaban J connectivity index is 2.08. The van der Waals surface area contributed by atoms with E-state index in [1.807, 2.05) is 20.8 Å². The standard InChI is InChI=1S/C18H24BrNO2S/c1-17(2,3)23(22)20-16-15-10-13(19)5-4-12(15)11-18(16)8-6-14(21)7-9-18/h4-5,10,14,21H,6-9,11H2,1-3H3. The number of aliphatic hydroxyl groups excluding tert-OH is 1. The van der Waals surface area contributed by atoms with Crippen molar-refractivity contribution in [2.45, 2.75) is 63.7 Å². The lowest BCUT2D eigenvalue weighted by Crippen LogP contribution is -2.36. The molecule has 3 nitrogen and oxygen atoms in total. The van der Waals surface area contributed by atoms with Crippen LogP contribution in [0.3, 0.4) is 0 Å². The Morgan fingerprint density at radius 2 is 1.96 bits per heavy atom. The molecule has 2 aliphatic carbocycles. The van der Waals surface area contributed by atoms with Gasteiger partial charge in [-0.15, -0.1) is 0 Å². The van der Waals surface area contributed by atoms with Crippen molar-refractivity contribution in [1.82, 2.24) is 0 Å². The fourth-order valence-corrected chi connectivity index (χ4v) is 4.68. The van der Waals surface area contributed by atoms with Crippen LogP contribution in [0.25, 0.3) is 0 Å². The van der Waals surface area contributed by atoms with Gasteiger partial charge in [0.05, 0.1) is 16.6 Å². The van der Waals surface area contributed by atoms with Crippen LogP contribution >= 0.6 is 15.9 Å². The molecular formula is C18H24BrNO2S. The molecule has 1 aromatic carbocycles. The Morgan fingerprint density at radius 3 is 2.57 bits per heavy atom. The zero-order valence-corrected chi connectivity index (χ0v) is 16.3. The number of hydrogen-bond donors (Lipinski definition) is 1. The van der Waals surface area contributed by atoms with Crippen LogP contribution in [-0.4, -0.2) is 25.9 Å². The van der Waals surface area contributed by atoms with Crippen molar-refractivity contribution in [3.05, 3.63) is 33.8 Å². The monoisotopic (exact) mass is 397 g/mol. The molecule has 1 N–H and O–H groups in total. The lowest BCUT2D eigenvalue weighted by molar-refractivity contribution is 0.0934. The highest BCUT2D eigenvalue weighted by molar-refractivity contribution is 9.10. The number of halogens is 1. The first kappa shape index (κ1) is 17.3. The van der Waals surface area contributed by atoms with E-state index >= 15 is 0 Å². The van der Waals surface area contributed by atoms with Gasteiger partial charge in [0.25, 0.3) is 0 Å². The molecule has 5 heteroatoms. The lowest BCUT2D eigenvalue weighted by atomic mass is 9.70. The molecule has 0 bridgehead atoms. The molecule has 0 aliphatic heterocycles. The first-order valence-electron chi connectivity index (χ1n) is 8.19. The lowest BCUT2D eigenvalue weighted by Gasteiger charge is -2.36. The average molecular weight is 398 g/mol. The van der Waals surface area contributed by atoms with Crippen molar-refractivity contribution in [1.29, 1.82) is 0 Å². The molecule has 126 valence electrons. The Labute approximate surface area is 149 Å². The van der Waals surface area contributed by atoms with Crippen LogP contribution in [0.1, 0.15) is 57.6 Å². The minimum atomic E-state index is -1.27. The van der Waals surface area contributed by atoms with E-state index in [0.29, 0.717) is 0 Å².